The first-order valence-electron chi connectivity index (χ1n) is 7.12. The summed E-state index contributed by atoms with van der Waals surface area (Å²) >= 11 is 0. The third kappa shape index (κ3) is 2.69. The zero-order chi connectivity index (χ0) is 15.6. The van der Waals surface area contributed by atoms with E-state index >= 15 is 0 Å². The summed E-state index contributed by atoms with van der Waals surface area (Å²) in [4.78, 5) is 7.15. The summed E-state index contributed by atoms with van der Waals surface area (Å²) in [5, 5.41) is 22.8. The smallest absolute Gasteiger partial charge is 0.238 e. The van der Waals surface area contributed by atoms with Gasteiger partial charge >= 0.3 is 0 Å². The Kier molecular flexibility index (Phi) is 3.12. The summed E-state index contributed by atoms with van der Waals surface area (Å²) in [6.45, 7) is 0. The van der Waals surface area contributed by atoms with E-state index < -0.39 is 0 Å². The molecule has 23 heavy (non-hydrogen) atoms. The first-order valence-corrected chi connectivity index (χ1v) is 7.12. The monoisotopic (exact) mass is 303 g/mol. The van der Waals surface area contributed by atoms with Crippen molar-refractivity contribution in [2.45, 2.75) is 0 Å². The highest BCUT2D eigenvalue weighted by Gasteiger charge is 2.07. The standard InChI is InChI=1S/C17H13N5O/c23-16-15(9-11-6-7-14-12(8-11)10-18-22-14)20-17(21-16)19-13-4-2-1-3-5-13/h1-10,23H,(H2,19,20,21). The molecule has 0 radical (unpaired) electrons. The topological polar surface area (TPSA) is 85.7 Å². The van der Waals surface area contributed by atoms with E-state index in [0.29, 0.717) is 11.6 Å². The van der Waals surface area contributed by atoms with E-state index in [-0.39, 0.29) is 5.88 Å². The molecule has 6 heteroatoms. The number of benzene rings is 2. The lowest BCUT2D eigenvalue weighted by Gasteiger charge is -2.00. The molecule has 1 aliphatic rings. The van der Waals surface area contributed by atoms with Crippen molar-refractivity contribution in [3.8, 4) is 5.88 Å². The van der Waals surface area contributed by atoms with Gasteiger partial charge in [0.05, 0.1) is 11.6 Å². The second kappa shape index (κ2) is 5.42. The number of aromatic hydroxyl groups is 1. The van der Waals surface area contributed by atoms with Crippen LogP contribution in [0.15, 0.2) is 58.7 Å². The minimum absolute atomic E-state index is 0.0534. The molecule has 3 N–H and O–H groups in total. The van der Waals surface area contributed by atoms with E-state index in [1.165, 1.54) is 0 Å². The number of H-pyrrole nitrogens is 1. The van der Waals surface area contributed by atoms with Crippen LogP contribution in [0.2, 0.25) is 0 Å². The zero-order valence-corrected chi connectivity index (χ0v) is 12.1. The molecule has 0 spiro atoms. The molecule has 0 saturated heterocycles. The number of nitrogens with one attached hydrogen (secondary N) is 2. The number of aromatic amines is 1. The van der Waals surface area contributed by atoms with Crippen LogP contribution < -0.4 is 15.9 Å². The maximum Gasteiger partial charge on any atom is 0.238 e. The average molecular weight is 303 g/mol. The predicted octanol–water partition coefficient (Wildman–Crippen LogP) is 1.65. The SMILES string of the molecule is Oc1nc(Nc2ccccc2)[nH]c1C=c1ccc2c(c1)C=NN=2. The van der Waals surface area contributed by atoms with Gasteiger partial charge in [0.25, 0.3) is 0 Å². The lowest BCUT2D eigenvalue weighted by Crippen LogP contribution is -2.11. The van der Waals surface area contributed by atoms with Crippen LogP contribution in [-0.2, 0) is 0 Å². The molecule has 112 valence electrons. The van der Waals surface area contributed by atoms with E-state index in [1.54, 1.807) is 6.21 Å². The van der Waals surface area contributed by atoms with Gasteiger partial charge in [0, 0.05) is 11.3 Å². The molecule has 1 aliphatic heterocycles. The lowest BCUT2D eigenvalue weighted by atomic mass is 10.2. The second-order valence-corrected chi connectivity index (χ2v) is 5.12. The molecule has 6 nitrogen and oxygen atoms in total. The highest BCUT2D eigenvalue weighted by atomic mass is 16.3. The van der Waals surface area contributed by atoms with E-state index in [4.69, 9.17) is 0 Å². The Hall–Kier alpha value is -3.41. The van der Waals surface area contributed by atoms with Crippen LogP contribution in [-0.4, -0.2) is 21.3 Å². The number of anilines is 2. The van der Waals surface area contributed by atoms with Crippen molar-refractivity contribution in [3.05, 3.63) is 70.4 Å². The minimum Gasteiger partial charge on any atom is -0.492 e. The van der Waals surface area contributed by atoms with Gasteiger partial charge in [0.15, 0.2) is 0 Å². The van der Waals surface area contributed by atoms with Crippen molar-refractivity contribution in [3.63, 3.8) is 0 Å². The normalized spacial score (nSPS) is 13.0. The first kappa shape index (κ1) is 13.3. The van der Waals surface area contributed by atoms with Gasteiger partial charge < -0.3 is 15.4 Å². The van der Waals surface area contributed by atoms with Gasteiger partial charge in [-0.2, -0.15) is 15.2 Å². The van der Waals surface area contributed by atoms with Crippen LogP contribution in [0.1, 0.15) is 11.3 Å². The quantitative estimate of drug-likeness (QED) is 0.688. The van der Waals surface area contributed by atoms with Crippen LogP contribution in [0.25, 0.3) is 6.08 Å². The molecule has 0 fully saturated rings. The largest absolute Gasteiger partial charge is 0.492 e. The number of imidazole rings is 1. The fourth-order valence-corrected chi connectivity index (χ4v) is 2.37. The Balaban J connectivity index is 1.66. The fraction of sp³-hybridized carbons (Fsp3) is 0. The van der Waals surface area contributed by atoms with Crippen molar-refractivity contribution in [2.75, 3.05) is 5.32 Å². The van der Waals surface area contributed by atoms with Gasteiger partial charge in [-0.25, -0.2) is 0 Å². The molecule has 0 amide bonds. The molecule has 2 aromatic carbocycles. The van der Waals surface area contributed by atoms with Crippen LogP contribution in [0, 0.1) is 0 Å². The van der Waals surface area contributed by atoms with Gasteiger partial charge in [-0.3, -0.25) is 0 Å². The molecular weight excluding hydrogens is 290 g/mol. The predicted molar refractivity (Wildman–Crippen MR) is 88.4 cm³/mol. The fourth-order valence-electron chi connectivity index (χ4n) is 2.37. The number of hydrogen-bond donors (Lipinski definition) is 3. The summed E-state index contributed by atoms with van der Waals surface area (Å²) < 4.78 is 0. The Morgan fingerprint density at radius 2 is 1.96 bits per heavy atom. The molecule has 0 bridgehead atoms. The van der Waals surface area contributed by atoms with E-state index in [0.717, 1.165) is 21.8 Å². The summed E-state index contributed by atoms with van der Waals surface area (Å²) in [7, 11) is 0. The van der Waals surface area contributed by atoms with Crippen LogP contribution in [0.4, 0.5) is 11.6 Å². The summed E-state index contributed by atoms with van der Waals surface area (Å²) in [5.41, 5.74) is 2.39. The van der Waals surface area contributed by atoms with E-state index in [1.807, 2.05) is 54.6 Å². The molecule has 0 aliphatic carbocycles. The van der Waals surface area contributed by atoms with Crippen molar-refractivity contribution in [1.82, 2.24) is 9.97 Å². The third-order valence-corrected chi connectivity index (χ3v) is 3.47. The van der Waals surface area contributed by atoms with Crippen molar-refractivity contribution in [2.24, 2.45) is 10.2 Å². The van der Waals surface area contributed by atoms with E-state index in [9.17, 15) is 5.11 Å². The molecule has 4 rings (SSSR count). The number of nitrogens with zero attached hydrogens (tertiary/aromatic N) is 3. The third-order valence-electron chi connectivity index (χ3n) is 3.47. The summed E-state index contributed by atoms with van der Waals surface area (Å²) in [6.07, 6.45) is 3.53. The van der Waals surface area contributed by atoms with E-state index in [2.05, 4.69) is 25.5 Å². The highest BCUT2D eigenvalue weighted by Crippen LogP contribution is 2.20. The Bertz CT molecular complexity index is 1010. The molecule has 3 aromatic rings. The van der Waals surface area contributed by atoms with Gasteiger partial charge in [0.1, 0.15) is 5.69 Å². The Labute approximate surface area is 131 Å². The molecule has 0 unspecified atom stereocenters. The average Bonchev–Trinajstić information content (AvgIpc) is 3.15. The number of hydrogen-bond acceptors (Lipinski definition) is 5. The maximum absolute atomic E-state index is 10.0. The number of fused-ring (bicyclic) bond motifs is 1. The number of rotatable bonds is 3. The van der Waals surface area contributed by atoms with Gasteiger partial charge in [-0.1, -0.05) is 24.3 Å². The van der Waals surface area contributed by atoms with Crippen molar-refractivity contribution in [1.29, 1.82) is 0 Å². The second-order valence-electron chi connectivity index (χ2n) is 5.12. The lowest BCUT2D eigenvalue weighted by molar-refractivity contribution is 0.455. The molecule has 2 heterocycles. The Morgan fingerprint density at radius 1 is 1.09 bits per heavy atom. The van der Waals surface area contributed by atoms with Crippen LogP contribution >= 0.6 is 0 Å². The van der Waals surface area contributed by atoms with Gasteiger partial charge in [0.2, 0.25) is 11.8 Å². The van der Waals surface area contributed by atoms with Gasteiger partial charge in [-0.05, 0) is 35.6 Å². The molecule has 1 aromatic heterocycles. The van der Waals surface area contributed by atoms with Crippen molar-refractivity contribution >= 4 is 23.9 Å². The minimum atomic E-state index is -0.0534. The Morgan fingerprint density at radius 3 is 2.83 bits per heavy atom. The maximum atomic E-state index is 10.0. The highest BCUT2D eigenvalue weighted by molar-refractivity contribution is 5.80. The molecular formula is C17H13N5O. The first-order chi connectivity index (χ1) is 11.3. The summed E-state index contributed by atoms with van der Waals surface area (Å²) in [6, 6.07) is 15.4. The van der Waals surface area contributed by atoms with Crippen LogP contribution in [0.3, 0.4) is 0 Å². The van der Waals surface area contributed by atoms with Crippen LogP contribution in [0.5, 0.6) is 5.88 Å². The number of para-hydroxylation sites is 1. The summed E-state index contributed by atoms with van der Waals surface area (Å²) in [5.74, 6) is 0.431. The number of aromatic nitrogens is 2. The molecule has 0 atom stereocenters. The van der Waals surface area contributed by atoms with Crippen molar-refractivity contribution < 1.29 is 5.11 Å². The van der Waals surface area contributed by atoms with Gasteiger partial charge in [-0.15, -0.1) is 0 Å². The molecule has 0 saturated carbocycles. The zero-order valence-electron chi connectivity index (χ0n) is 12.1.